The van der Waals surface area contributed by atoms with Crippen LogP contribution in [0.1, 0.15) is 30.5 Å². The molecule has 0 aliphatic rings. The highest BCUT2D eigenvalue weighted by Crippen LogP contribution is 2.28. The summed E-state index contributed by atoms with van der Waals surface area (Å²) in [7, 11) is 0. The second kappa shape index (κ2) is 8.33. The van der Waals surface area contributed by atoms with Crippen LogP contribution in [0.15, 0.2) is 51.4 Å². The maximum Gasteiger partial charge on any atom is 0.0551 e. The van der Waals surface area contributed by atoms with Gasteiger partial charge in [-0.25, -0.2) is 0 Å². The molecule has 1 N–H and O–H groups in total. The van der Waals surface area contributed by atoms with Crippen molar-refractivity contribution in [3.8, 4) is 0 Å². The number of halogens is 3. The Morgan fingerprint density at radius 3 is 2.62 bits per heavy atom. The fourth-order valence-electron chi connectivity index (χ4n) is 2.26. The summed E-state index contributed by atoms with van der Waals surface area (Å²) in [4.78, 5) is 0. The zero-order chi connectivity index (χ0) is 15.2. The molecule has 21 heavy (non-hydrogen) atoms. The summed E-state index contributed by atoms with van der Waals surface area (Å²) in [5.41, 5.74) is 2.52. The van der Waals surface area contributed by atoms with Gasteiger partial charge in [0.05, 0.1) is 5.02 Å². The number of nitrogens with one attached hydrogen (secondary N) is 1. The van der Waals surface area contributed by atoms with Crippen molar-refractivity contribution in [2.45, 2.75) is 25.8 Å². The number of hydrogen-bond donors (Lipinski definition) is 1. The average Bonchev–Trinajstić information content (AvgIpc) is 2.46. The molecule has 0 aliphatic carbocycles. The van der Waals surface area contributed by atoms with Crippen LogP contribution in [-0.2, 0) is 6.42 Å². The molecule has 0 saturated carbocycles. The Balaban J connectivity index is 2.22. The molecule has 0 aliphatic heterocycles. The smallest absolute Gasteiger partial charge is 0.0551 e. The Hall–Kier alpha value is -0.350. The van der Waals surface area contributed by atoms with Crippen LogP contribution < -0.4 is 5.32 Å². The Labute approximate surface area is 148 Å². The van der Waals surface area contributed by atoms with Gasteiger partial charge in [-0.3, -0.25) is 0 Å². The first-order valence-corrected chi connectivity index (χ1v) is 8.99. The largest absolute Gasteiger partial charge is 0.310 e. The molecule has 0 heterocycles. The topological polar surface area (TPSA) is 12.0 Å². The van der Waals surface area contributed by atoms with Gasteiger partial charge in [0, 0.05) is 15.0 Å². The fourth-order valence-corrected chi connectivity index (χ4v) is 3.14. The Kier molecular flexibility index (Phi) is 6.74. The fraction of sp³-hybridized carbons (Fsp3) is 0.294. The van der Waals surface area contributed by atoms with E-state index in [4.69, 9.17) is 11.6 Å². The molecule has 0 bridgehead atoms. The van der Waals surface area contributed by atoms with Crippen molar-refractivity contribution in [3.05, 3.63) is 67.6 Å². The van der Waals surface area contributed by atoms with E-state index in [2.05, 4.69) is 74.4 Å². The van der Waals surface area contributed by atoms with E-state index < -0.39 is 0 Å². The van der Waals surface area contributed by atoms with Gasteiger partial charge in [-0.15, -0.1) is 0 Å². The molecule has 0 spiro atoms. The summed E-state index contributed by atoms with van der Waals surface area (Å²) in [6.45, 7) is 3.17. The van der Waals surface area contributed by atoms with E-state index in [0.29, 0.717) is 0 Å². The molecule has 0 saturated heterocycles. The second-order valence-electron chi connectivity index (χ2n) is 5.01. The molecule has 1 nitrogen and oxygen atoms in total. The quantitative estimate of drug-likeness (QED) is 0.579. The zero-order valence-corrected chi connectivity index (χ0v) is 15.8. The van der Waals surface area contributed by atoms with Crippen LogP contribution in [0.5, 0.6) is 0 Å². The SMILES string of the molecule is CCCNC(Cc1cccc(Br)c1)c1ccc(Br)c(Cl)c1. The van der Waals surface area contributed by atoms with Crippen molar-refractivity contribution in [3.63, 3.8) is 0 Å². The van der Waals surface area contributed by atoms with Crippen molar-refractivity contribution in [1.82, 2.24) is 5.32 Å². The van der Waals surface area contributed by atoms with Crippen LogP contribution in [0.2, 0.25) is 5.02 Å². The Bertz CT molecular complexity index is 601. The molecule has 1 unspecified atom stereocenters. The summed E-state index contributed by atoms with van der Waals surface area (Å²) < 4.78 is 2.05. The minimum absolute atomic E-state index is 0.268. The monoisotopic (exact) mass is 429 g/mol. The molecular weight excluding hydrogens is 413 g/mol. The molecule has 2 rings (SSSR count). The highest BCUT2D eigenvalue weighted by atomic mass is 79.9. The highest BCUT2D eigenvalue weighted by molar-refractivity contribution is 9.10. The standard InChI is InChI=1S/C17H18Br2ClN/c1-2-8-21-17(10-12-4-3-5-14(18)9-12)13-6-7-15(19)16(20)11-13/h3-7,9,11,17,21H,2,8,10H2,1H3. The summed E-state index contributed by atoms with van der Waals surface area (Å²) in [6.07, 6.45) is 2.05. The van der Waals surface area contributed by atoms with E-state index in [-0.39, 0.29) is 6.04 Å². The van der Waals surface area contributed by atoms with Crippen molar-refractivity contribution in [1.29, 1.82) is 0 Å². The van der Waals surface area contributed by atoms with Gasteiger partial charge < -0.3 is 5.32 Å². The minimum Gasteiger partial charge on any atom is -0.310 e. The van der Waals surface area contributed by atoms with Crippen LogP contribution in [-0.4, -0.2) is 6.54 Å². The normalized spacial score (nSPS) is 12.4. The predicted octanol–water partition coefficient (Wildman–Crippen LogP) is 6.15. The van der Waals surface area contributed by atoms with Gasteiger partial charge in [0.2, 0.25) is 0 Å². The van der Waals surface area contributed by atoms with Gasteiger partial charge in [0.1, 0.15) is 0 Å². The number of hydrogen-bond acceptors (Lipinski definition) is 1. The van der Waals surface area contributed by atoms with Crippen molar-refractivity contribution >= 4 is 43.5 Å². The minimum atomic E-state index is 0.268. The first kappa shape index (κ1) is 17.0. The summed E-state index contributed by atoms with van der Waals surface area (Å²) >= 11 is 13.2. The van der Waals surface area contributed by atoms with E-state index in [1.54, 1.807) is 0 Å². The third kappa shape index (κ3) is 5.10. The van der Waals surface area contributed by atoms with E-state index in [1.165, 1.54) is 11.1 Å². The molecule has 2 aromatic carbocycles. The van der Waals surface area contributed by atoms with Crippen LogP contribution in [0.4, 0.5) is 0 Å². The molecule has 0 radical (unpaired) electrons. The molecule has 112 valence electrons. The summed E-state index contributed by atoms with van der Waals surface area (Å²) in [6, 6.07) is 14.9. The first-order valence-electron chi connectivity index (χ1n) is 7.03. The van der Waals surface area contributed by atoms with E-state index in [1.807, 2.05) is 12.1 Å². The van der Waals surface area contributed by atoms with E-state index in [9.17, 15) is 0 Å². The maximum absolute atomic E-state index is 6.24. The van der Waals surface area contributed by atoms with Gasteiger partial charge >= 0.3 is 0 Å². The Morgan fingerprint density at radius 2 is 1.95 bits per heavy atom. The Morgan fingerprint density at radius 1 is 1.14 bits per heavy atom. The zero-order valence-electron chi connectivity index (χ0n) is 11.9. The van der Waals surface area contributed by atoms with Gasteiger partial charge in [0.15, 0.2) is 0 Å². The first-order chi connectivity index (χ1) is 10.1. The maximum atomic E-state index is 6.24. The van der Waals surface area contributed by atoms with Crippen LogP contribution in [0.3, 0.4) is 0 Å². The lowest BCUT2D eigenvalue weighted by molar-refractivity contribution is 0.529. The van der Waals surface area contributed by atoms with Gasteiger partial charge in [0.25, 0.3) is 0 Å². The van der Waals surface area contributed by atoms with Crippen molar-refractivity contribution < 1.29 is 0 Å². The lowest BCUT2D eigenvalue weighted by Gasteiger charge is -2.20. The van der Waals surface area contributed by atoms with Crippen molar-refractivity contribution in [2.75, 3.05) is 6.54 Å². The molecule has 2 aromatic rings. The molecule has 4 heteroatoms. The van der Waals surface area contributed by atoms with E-state index in [0.717, 1.165) is 33.4 Å². The number of rotatable bonds is 6. The average molecular weight is 432 g/mol. The predicted molar refractivity (Wildman–Crippen MR) is 98.0 cm³/mol. The van der Waals surface area contributed by atoms with Crippen LogP contribution >= 0.6 is 43.5 Å². The second-order valence-corrected chi connectivity index (χ2v) is 7.19. The summed E-state index contributed by atoms with van der Waals surface area (Å²) in [5, 5.41) is 4.37. The van der Waals surface area contributed by atoms with Crippen LogP contribution in [0, 0.1) is 0 Å². The highest BCUT2D eigenvalue weighted by Gasteiger charge is 2.13. The third-order valence-electron chi connectivity index (χ3n) is 3.32. The molecule has 1 atom stereocenters. The third-order valence-corrected chi connectivity index (χ3v) is 5.04. The van der Waals surface area contributed by atoms with Gasteiger partial charge in [-0.1, -0.05) is 52.7 Å². The molecule has 0 amide bonds. The molecule has 0 fully saturated rings. The molecule has 0 aromatic heterocycles. The number of benzene rings is 2. The lowest BCUT2D eigenvalue weighted by atomic mass is 9.99. The molecular formula is C17H18Br2ClN. The lowest BCUT2D eigenvalue weighted by Crippen LogP contribution is -2.24. The van der Waals surface area contributed by atoms with Crippen molar-refractivity contribution in [2.24, 2.45) is 0 Å². The summed E-state index contributed by atoms with van der Waals surface area (Å²) in [5.74, 6) is 0. The van der Waals surface area contributed by atoms with Crippen LogP contribution in [0.25, 0.3) is 0 Å². The van der Waals surface area contributed by atoms with Gasteiger partial charge in [-0.05, 0) is 70.7 Å². The van der Waals surface area contributed by atoms with E-state index >= 15 is 0 Å². The van der Waals surface area contributed by atoms with Gasteiger partial charge in [-0.2, -0.15) is 0 Å².